The lowest BCUT2D eigenvalue weighted by Gasteiger charge is -2.09. The molecule has 2 aromatic rings. The quantitative estimate of drug-likeness (QED) is 0.357. The van der Waals surface area contributed by atoms with Gasteiger partial charge in [-0.05, 0) is 30.0 Å². The van der Waals surface area contributed by atoms with Crippen molar-refractivity contribution in [2.75, 3.05) is 0 Å². The molecule has 0 fully saturated rings. The lowest BCUT2D eigenvalue weighted by Crippen LogP contribution is -1.99. The first-order chi connectivity index (χ1) is 9.76. The smallest absolute Gasteiger partial charge is 0.321 e. The topological polar surface area (TPSA) is 38.7 Å². The van der Waals surface area contributed by atoms with Crippen molar-refractivity contribution in [3.8, 4) is 11.1 Å². The Morgan fingerprint density at radius 2 is 1.85 bits per heavy atom. The standard InChI is InChI=1S/C17H17NO2/c1-3-14-8-10-15(11-9-14)17-7-5-4-6-16(17)13(2)18-20-12-19/h4-12H,3H2,1-2H3/b18-13+. The molecule has 20 heavy (non-hydrogen) atoms. The van der Waals surface area contributed by atoms with E-state index in [0.29, 0.717) is 12.2 Å². The molecule has 0 aliphatic carbocycles. The van der Waals surface area contributed by atoms with Crippen LogP contribution in [0.4, 0.5) is 0 Å². The molecule has 3 heteroatoms. The number of rotatable bonds is 5. The Hall–Kier alpha value is -2.42. The number of oxime groups is 1. The Labute approximate surface area is 118 Å². The monoisotopic (exact) mass is 267 g/mol. The molecular weight excluding hydrogens is 250 g/mol. The molecule has 0 radical (unpaired) electrons. The highest BCUT2D eigenvalue weighted by Gasteiger charge is 2.07. The van der Waals surface area contributed by atoms with Crippen LogP contribution in [0.25, 0.3) is 11.1 Å². The maximum atomic E-state index is 10.2. The first kappa shape index (κ1) is 14.0. The van der Waals surface area contributed by atoms with Crippen molar-refractivity contribution in [2.24, 2.45) is 5.16 Å². The van der Waals surface area contributed by atoms with Gasteiger partial charge in [0.15, 0.2) is 0 Å². The van der Waals surface area contributed by atoms with Crippen LogP contribution in [0.5, 0.6) is 0 Å². The molecule has 0 spiro atoms. The van der Waals surface area contributed by atoms with Crippen LogP contribution >= 0.6 is 0 Å². The zero-order chi connectivity index (χ0) is 14.4. The summed E-state index contributed by atoms with van der Waals surface area (Å²) in [4.78, 5) is 14.7. The molecule has 0 atom stereocenters. The van der Waals surface area contributed by atoms with Crippen molar-refractivity contribution in [3.63, 3.8) is 0 Å². The second-order valence-corrected chi connectivity index (χ2v) is 4.47. The van der Waals surface area contributed by atoms with Crippen LogP contribution in [0.15, 0.2) is 53.7 Å². The first-order valence-corrected chi connectivity index (χ1v) is 6.59. The maximum absolute atomic E-state index is 10.2. The summed E-state index contributed by atoms with van der Waals surface area (Å²) >= 11 is 0. The van der Waals surface area contributed by atoms with Gasteiger partial charge in [-0.1, -0.05) is 60.6 Å². The first-order valence-electron chi connectivity index (χ1n) is 6.59. The van der Waals surface area contributed by atoms with Gasteiger partial charge in [0, 0.05) is 5.56 Å². The molecule has 0 heterocycles. The van der Waals surface area contributed by atoms with Gasteiger partial charge in [0.05, 0.1) is 5.71 Å². The maximum Gasteiger partial charge on any atom is 0.323 e. The van der Waals surface area contributed by atoms with Crippen LogP contribution in [-0.4, -0.2) is 12.2 Å². The Kier molecular flexibility index (Phi) is 4.66. The lowest BCUT2D eigenvalue weighted by molar-refractivity contribution is -0.128. The average Bonchev–Trinajstić information content (AvgIpc) is 2.52. The van der Waals surface area contributed by atoms with Gasteiger partial charge >= 0.3 is 6.47 Å². The largest absolute Gasteiger partial charge is 0.323 e. The molecule has 0 N–H and O–H groups in total. The SMILES string of the molecule is CCc1ccc(-c2ccccc2/C(C)=N/OC=O)cc1. The summed E-state index contributed by atoms with van der Waals surface area (Å²) in [6.07, 6.45) is 1.02. The van der Waals surface area contributed by atoms with Crippen LogP contribution < -0.4 is 0 Å². The minimum Gasteiger partial charge on any atom is -0.321 e. The van der Waals surface area contributed by atoms with Crippen molar-refractivity contribution >= 4 is 12.2 Å². The van der Waals surface area contributed by atoms with E-state index in [4.69, 9.17) is 0 Å². The van der Waals surface area contributed by atoms with Crippen LogP contribution in [0.1, 0.15) is 25.0 Å². The van der Waals surface area contributed by atoms with E-state index in [1.807, 2.05) is 31.2 Å². The zero-order valence-electron chi connectivity index (χ0n) is 11.7. The van der Waals surface area contributed by atoms with Gasteiger partial charge in [-0.2, -0.15) is 0 Å². The van der Waals surface area contributed by atoms with Gasteiger partial charge in [0.25, 0.3) is 0 Å². The molecule has 0 aliphatic rings. The third-order valence-corrected chi connectivity index (χ3v) is 3.22. The van der Waals surface area contributed by atoms with Crippen molar-refractivity contribution < 1.29 is 9.63 Å². The summed E-state index contributed by atoms with van der Waals surface area (Å²) in [7, 11) is 0. The molecule has 2 aromatic carbocycles. The molecule has 3 nitrogen and oxygen atoms in total. The minimum absolute atomic E-state index is 0.322. The van der Waals surface area contributed by atoms with E-state index >= 15 is 0 Å². The fourth-order valence-corrected chi connectivity index (χ4v) is 2.12. The highest BCUT2D eigenvalue weighted by atomic mass is 16.7. The van der Waals surface area contributed by atoms with Crippen molar-refractivity contribution in [3.05, 3.63) is 59.7 Å². The van der Waals surface area contributed by atoms with Gasteiger partial charge < -0.3 is 4.84 Å². The van der Waals surface area contributed by atoms with E-state index in [1.54, 1.807) is 0 Å². The number of carbonyl (C=O) groups is 1. The van der Waals surface area contributed by atoms with E-state index in [0.717, 1.165) is 23.1 Å². The summed E-state index contributed by atoms with van der Waals surface area (Å²) in [5.74, 6) is 0. The molecule has 0 unspecified atom stereocenters. The van der Waals surface area contributed by atoms with Gasteiger partial charge in [0.2, 0.25) is 0 Å². The molecule has 2 rings (SSSR count). The van der Waals surface area contributed by atoms with Crippen molar-refractivity contribution in [2.45, 2.75) is 20.3 Å². The second-order valence-electron chi connectivity index (χ2n) is 4.47. The predicted octanol–water partition coefficient (Wildman–Crippen LogP) is 3.81. The normalized spacial score (nSPS) is 11.2. The van der Waals surface area contributed by atoms with Gasteiger partial charge in [-0.15, -0.1) is 0 Å². The Bertz CT molecular complexity index is 615. The van der Waals surface area contributed by atoms with Gasteiger partial charge in [0.1, 0.15) is 0 Å². The molecule has 102 valence electrons. The Morgan fingerprint density at radius 1 is 1.15 bits per heavy atom. The van der Waals surface area contributed by atoms with Crippen molar-refractivity contribution in [1.29, 1.82) is 0 Å². The van der Waals surface area contributed by atoms with E-state index in [9.17, 15) is 4.79 Å². The molecule has 0 aliphatic heterocycles. The third kappa shape index (κ3) is 3.12. The van der Waals surface area contributed by atoms with E-state index in [-0.39, 0.29) is 0 Å². The summed E-state index contributed by atoms with van der Waals surface area (Å²) < 4.78 is 0. The highest BCUT2D eigenvalue weighted by molar-refractivity contribution is 6.04. The zero-order valence-corrected chi connectivity index (χ0v) is 11.7. The van der Waals surface area contributed by atoms with Crippen LogP contribution in [-0.2, 0) is 16.1 Å². The molecule has 0 aromatic heterocycles. The highest BCUT2D eigenvalue weighted by Crippen LogP contribution is 2.24. The van der Waals surface area contributed by atoms with Gasteiger partial charge in [-0.25, -0.2) is 0 Å². The molecule has 0 saturated carbocycles. The molecule has 0 saturated heterocycles. The number of benzene rings is 2. The average molecular weight is 267 g/mol. The summed E-state index contributed by atoms with van der Waals surface area (Å²) in [6, 6.07) is 16.4. The van der Waals surface area contributed by atoms with Crippen molar-refractivity contribution in [1.82, 2.24) is 0 Å². The van der Waals surface area contributed by atoms with Gasteiger partial charge in [-0.3, -0.25) is 4.79 Å². The van der Waals surface area contributed by atoms with E-state index in [2.05, 4.69) is 41.2 Å². The number of carbonyl (C=O) groups excluding carboxylic acids is 1. The Morgan fingerprint density at radius 3 is 2.50 bits per heavy atom. The molecule has 0 bridgehead atoms. The lowest BCUT2D eigenvalue weighted by atomic mass is 9.96. The number of hydrogen-bond acceptors (Lipinski definition) is 3. The molecular formula is C17H17NO2. The number of aryl methyl sites for hydroxylation is 1. The summed E-state index contributed by atoms with van der Waals surface area (Å²) in [5, 5.41) is 3.78. The van der Waals surface area contributed by atoms with E-state index < -0.39 is 0 Å². The van der Waals surface area contributed by atoms with Crippen LogP contribution in [0.3, 0.4) is 0 Å². The summed E-state index contributed by atoms with van der Waals surface area (Å²) in [6.45, 7) is 4.28. The fraction of sp³-hybridized carbons (Fsp3) is 0.176. The minimum atomic E-state index is 0.322. The number of nitrogens with zero attached hydrogens (tertiary/aromatic N) is 1. The van der Waals surface area contributed by atoms with E-state index in [1.165, 1.54) is 5.56 Å². The van der Waals surface area contributed by atoms with Crippen LogP contribution in [0.2, 0.25) is 0 Å². The Balaban J connectivity index is 2.43. The predicted molar refractivity (Wildman–Crippen MR) is 80.6 cm³/mol. The number of hydrogen-bond donors (Lipinski definition) is 0. The molecule has 0 amide bonds. The second kappa shape index (κ2) is 6.66. The third-order valence-electron chi connectivity index (χ3n) is 3.22. The van der Waals surface area contributed by atoms with Crippen LogP contribution in [0, 0.1) is 0 Å². The summed E-state index contributed by atoms with van der Waals surface area (Å²) in [5.41, 5.74) is 5.14. The fourth-order valence-electron chi connectivity index (χ4n) is 2.12.